The smallest absolute Gasteiger partial charge is 0.433 e. The van der Waals surface area contributed by atoms with Crippen LogP contribution < -0.4 is 4.74 Å². The molecule has 1 heterocycles. The average Bonchev–Trinajstić information content (AvgIpc) is 2.42. The first kappa shape index (κ1) is 15.8. The lowest BCUT2D eigenvalue weighted by atomic mass is 10.2. The van der Waals surface area contributed by atoms with Crippen LogP contribution in [0, 0.1) is 14.9 Å². The Bertz CT molecular complexity index is 695. The summed E-state index contributed by atoms with van der Waals surface area (Å²) in [6.45, 7) is 0.190. The predicted molar refractivity (Wildman–Crippen MR) is 79.8 cm³/mol. The lowest BCUT2D eigenvalue weighted by Gasteiger charge is -2.13. The molecule has 21 heavy (non-hydrogen) atoms. The highest BCUT2D eigenvalue weighted by Crippen LogP contribution is 2.34. The number of fused-ring (bicyclic) bond motifs is 1. The maximum absolute atomic E-state index is 12.9. The van der Waals surface area contributed by atoms with Crippen molar-refractivity contribution in [3.63, 3.8) is 0 Å². The van der Waals surface area contributed by atoms with Crippen LogP contribution in [0.25, 0.3) is 10.9 Å². The number of nitrogens with zero attached hydrogens (tertiary/aromatic N) is 2. The maximum Gasteiger partial charge on any atom is 0.433 e. The molecule has 7 heteroatoms. The van der Waals surface area contributed by atoms with Crippen LogP contribution in [-0.4, -0.2) is 11.6 Å². The Balaban J connectivity index is 2.43. The zero-order chi connectivity index (χ0) is 15.5. The minimum atomic E-state index is -4.53. The van der Waals surface area contributed by atoms with Crippen molar-refractivity contribution < 1.29 is 17.9 Å². The van der Waals surface area contributed by atoms with Gasteiger partial charge in [-0.25, -0.2) is 4.98 Å². The van der Waals surface area contributed by atoms with E-state index in [4.69, 9.17) is 10.00 Å². The molecule has 0 radical (unpaired) electrons. The number of ether oxygens (including phenoxy) is 1. The van der Waals surface area contributed by atoms with Gasteiger partial charge in [-0.2, -0.15) is 18.4 Å². The number of nitriles is 1. The highest BCUT2D eigenvalue weighted by atomic mass is 127. The molecular formula is C14H10F3IN2O. The summed E-state index contributed by atoms with van der Waals surface area (Å²) >= 11 is 2.07. The third-order valence-corrected chi connectivity index (χ3v) is 3.38. The van der Waals surface area contributed by atoms with E-state index in [1.165, 1.54) is 6.07 Å². The van der Waals surface area contributed by atoms with E-state index in [-0.39, 0.29) is 17.9 Å². The number of benzene rings is 1. The Labute approximate surface area is 132 Å². The largest absolute Gasteiger partial charge is 0.493 e. The van der Waals surface area contributed by atoms with E-state index in [1.54, 1.807) is 12.1 Å². The molecule has 0 fully saturated rings. The molecule has 0 unspecified atom stereocenters. The van der Waals surface area contributed by atoms with Gasteiger partial charge in [0, 0.05) is 21.4 Å². The minimum Gasteiger partial charge on any atom is -0.493 e. The van der Waals surface area contributed by atoms with Crippen molar-refractivity contribution in [2.24, 2.45) is 0 Å². The maximum atomic E-state index is 12.9. The molecule has 1 aromatic carbocycles. The van der Waals surface area contributed by atoms with Gasteiger partial charge in [0.1, 0.15) is 11.4 Å². The van der Waals surface area contributed by atoms with Gasteiger partial charge in [-0.15, -0.1) is 0 Å². The highest BCUT2D eigenvalue weighted by Gasteiger charge is 2.33. The van der Waals surface area contributed by atoms with Crippen molar-refractivity contribution in [2.75, 3.05) is 6.61 Å². The Morgan fingerprint density at radius 3 is 2.71 bits per heavy atom. The molecule has 0 aliphatic carbocycles. The molecular weight excluding hydrogens is 396 g/mol. The zero-order valence-corrected chi connectivity index (χ0v) is 12.9. The summed E-state index contributed by atoms with van der Waals surface area (Å²) in [6, 6.07) is 7.82. The second kappa shape index (κ2) is 6.47. The van der Waals surface area contributed by atoms with Gasteiger partial charge in [0.05, 0.1) is 18.2 Å². The molecule has 2 aromatic rings. The van der Waals surface area contributed by atoms with Gasteiger partial charge < -0.3 is 4.74 Å². The second-order valence-corrected chi connectivity index (χ2v) is 5.52. The van der Waals surface area contributed by atoms with Crippen LogP contribution in [-0.2, 0) is 6.18 Å². The van der Waals surface area contributed by atoms with Crippen LogP contribution in [0.4, 0.5) is 13.2 Å². The number of pyridine rings is 1. The highest BCUT2D eigenvalue weighted by molar-refractivity contribution is 14.1. The fourth-order valence-corrected chi connectivity index (χ4v) is 2.26. The van der Waals surface area contributed by atoms with Crippen LogP contribution in [0.5, 0.6) is 5.75 Å². The Kier molecular flexibility index (Phi) is 4.88. The van der Waals surface area contributed by atoms with Crippen LogP contribution in [0.2, 0.25) is 0 Å². The lowest BCUT2D eigenvalue weighted by molar-refractivity contribution is -0.141. The molecule has 0 saturated heterocycles. The van der Waals surface area contributed by atoms with Gasteiger partial charge in [0.2, 0.25) is 0 Å². The first-order chi connectivity index (χ1) is 9.91. The van der Waals surface area contributed by atoms with E-state index in [2.05, 4.69) is 27.6 Å². The fraction of sp³-hybridized carbons (Fsp3) is 0.286. The van der Waals surface area contributed by atoms with Gasteiger partial charge in [0.15, 0.2) is 0 Å². The molecule has 0 atom stereocenters. The van der Waals surface area contributed by atoms with E-state index in [9.17, 15) is 13.2 Å². The molecule has 0 aliphatic heterocycles. The Hall–Kier alpha value is -1.56. The number of aromatic nitrogens is 1. The van der Waals surface area contributed by atoms with Crippen LogP contribution >= 0.6 is 22.6 Å². The minimum absolute atomic E-state index is 0.142. The van der Waals surface area contributed by atoms with Crippen molar-refractivity contribution >= 4 is 33.5 Å². The summed E-state index contributed by atoms with van der Waals surface area (Å²) in [4.78, 5) is 3.63. The number of halogens is 4. The van der Waals surface area contributed by atoms with Gasteiger partial charge in [-0.1, -0.05) is 0 Å². The monoisotopic (exact) mass is 406 g/mol. The van der Waals surface area contributed by atoms with Gasteiger partial charge in [0.25, 0.3) is 0 Å². The van der Waals surface area contributed by atoms with E-state index in [0.717, 1.165) is 9.64 Å². The molecule has 3 nitrogen and oxygen atoms in total. The summed E-state index contributed by atoms with van der Waals surface area (Å²) in [7, 11) is 0. The molecule has 0 aliphatic rings. The van der Waals surface area contributed by atoms with Gasteiger partial charge >= 0.3 is 6.18 Å². The van der Waals surface area contributed by atoms with Crippen molar-refractivity contribution in [1.82, 2.24) is 4.98 Å². The number of rotatable bonds is 4. The van der Waals surface area contributed by atoms with Crippen LogP contribution in [0.3, 0.4) is 0 Å². The summed E-state index contributed by atoms with van der Waals surface area (Å²) in [5.74, 6) is 0.142. The lowest BCUT2D eigenvalue weighted by Crippen LogP contribution is -2.09. The van der Waals surface area contributed by atoms with Crippen molar-refractivity contribution in [3.05, 3.63) is 33.5 Å². The molecule has 0 amide bonds. The third-order valence-electron chi connectivity index (χ3n) is 2.71. The first-order valence-electron chi connectivity index (χ1n) is 6.09. The van der Waals surface area contributed by atoms with Crippen molar-refractivity contribution in [1.29, 1.82) is 5.26 Å². The average molecular weight is 406 g/mol. The topological polar surface area (TPSA) is 45.9 Å². The van der Waals surface area contributed by atoms with E-state index in [0.29, 0.717) is 18.2 Å². The Morgan fingerprint density at radius 1 is 1.29 bits per heavy atom. The summed E-state index contributed by atoms with van der Waals surface area (Å²) in [6.07, 6.45) is -3.76. The second-order valence-electron chi connectivity index (χ2n) is 4.27. The fourth-order valence-electron chi connectivity index (χ4n) is 1.77. The van der Waals surface area contributed by atoms with Gasteiger partial charge in [-0.3, -0.25) is 0 Å². The van der Waals surface area contributed by atoms with Crippen LogP contribution in [0.1, 0.15) is 18.5 Å². The zero-order valence-electron chi connectivity index (χ0n) is 10.7. The summed E-state index contributed by atoms with van der Waals surface area (Å²) in [5, 5.41) is 8.99. The molecule has 2 rings (SSSR count). The van der Waals surface area contributed by atoms with Crippen LogP contribution in [0.15, 0.2) is 24.3 Å². The van der Waals surface area contributed by atoms with Crippen molar-refractivity contribution in [3.8, 4) is 11.8 Å². The van der Waals surface area contributed by atoms with E-state index >= 15 is 0 Å². The Morgan fingerprint density at radius 2 is 2.05 bits per heavy atom. The normalized spacial score (nSPS) is 11.4. The molecule has 0 N–H and O–H groups in total. The molecule has 0 spiro atoms. The number of alkyl halides is 3. The SMILES string of the molecule is N#CCCCOc1cc(C(F)(F)F)nc2ccc(I)cc12. The van der Waals surface area contributed by atoms with Gasteiger partial charge in [-0.05, 0) is 47.2 Å². The number of hydrogen-bond donors (Lipinski definition) is 0. The standard InChI is InChI=1S/C14H10F3IN2O/c15-14(16,17)13-8-12(21-6-2-1-5-19)10-7-9(18)3-4-11(10)20-13/h3-4,7-8H,1-2,6H2. The molecule has 0 bridgehead atoms. The number of hydrogen-bond acceptors (Lipinski definition) is 3. The number of unbranched alkanes of at least 4 members (excludes halogenated alkanes) is 1. The predicted octanol–water partition coefficient (Wildman–Crippen LogP) is 4.54. The quantitative estimate of drug-likeness (QED) is 0.554. The van der Waals surface area contributed by atoms with E-state index in [1.807, 2.05) is 6.07 Å². The van der Waals surface area contributed by atoms with E-state index < -0.39 is 11.9 Å². The third kappa shape index (κ3) is 3.97. The molecule has 0 saturated carbocycles. The first-order valence-corrected chi connectivity index (χ1v) is 7.17. The summed E-state index contributed by atoms with van der Waals surface area (Å²) in [5.41, 5.74) is -0.744. The molecule has 1 aromatic heterocycles. The molecule has 110 valence electrons. The summed E-state index contributed by atoms with van der Waals surface area (Å²) < 4.78 is 44.9. The van der Waals surface area contributed by atoms with Crippen molar-refractivity contribution in [2.45, 2.75) is 19.0 Å².